The molecule has 158 valence electrons. The highest BCUT2D eigenvalue weighted by atomic mass is 32.2. The fraction of sp³-hybridized carbons (Fsp3) is 0.333. The molecule has 1 aliphatic carbocycles. The van der Waals surface area contributed by atoms with Gasteiger partial charge < -0.3 is 20.4 Å². The molecule has 0 bridgehead atoms. The first kappa shape index (κ1) is 20.2. The number of sulfone groups is 1. The zero-order chi connectivity index (χ0) is 21.6. The van der Waals surface area contributed by atoms with Crippen molar-refractivity contribution in [1.82, 2.24) is 4.90 Å². The van der Waals surface area contributed by atoms with E-state index in [1.54, 1.807) is 18.2 Å². The van der Waals surface area contributed by atoms with E-state index in [1.807, 2.05) is 0 Å². The molecule has 3 N–H and O–H groups in total. The van der Waals surface area contributed by atoms with E-state index in [-0.39, 0.29) is 42.1 Å². The second-order valence-corrected chi connectivity index (χ2v) is 10.1. The van der Waals surface area contributed by atoms with Crippen LogP contribution in [0.5, 0.6) is 11.5 Å². The highest BCUT2D eigenvalue weighted by Crippen LogP contribution is 2.36. The van der Waals surface area contributed by atoms with Crippen molar-refractivity contribution in [1.29, 1.82) is 0 Å². The van der Waals surface area contributed by atoms with Gasteiger partial charge >= 0.3 is 0 Å². The normalized spacial score (nSPS) is 17.0. The lowest BCUT2D eigenvalue weighted by Gasteiger charge is -2.23. The summed E-state index contributed by atoms with van der Waals surface area (Å²) in [6.07, 6.45) is 2.75. The van der Waals surface area contributed by atoms with Crippen molar-refractivity contribution in [3.63, 3.8) is 0 Å². The highest BCUT2D eigenvalue weighted by molar-refractivity contribution is 7.91. The molecule has 8 nitrogen and oxygen atoms in total. The summed E-state index contributed by atoms with van der Waals surface area (Å²) in [5.41, 5.74) is 1.82. The number of amides is 2. The highest BCUT2D eigenvalue weighted by Gasteiger charge is 2.36. The number of hydrogen-bond donors (Lipinski definition) is 3. The molecule has 0 aromatic heterocycles. The summed E-state index contributed by atoms with van der Waals surface area (Å²) in [5, 5.41) is 21.0. The molecule has 1 unspecified atom stereocenters. The van der Waals surface area contributed by atoms with Crippen LogP contribution in [0.2, 0.25) is 0 Å². The third-order valence-corrected chi connectivity index (χ3v) is 6.95. The van der Waals surface area contributed by atoms with Crippen molar-refractivity contribution in [2.45, 2.75) is 24.6 Å². The van der Waals surface area contributed by atoms with Crippen molar-refractivity contribution in [3.8, 4) is 11.5 Å². The molecule has 2 amide bonds. The summed E-state index contributed by atoms with van der Waals surface area (Å²) < 4.78 is 24.9. The molecule has 0 spiro atoms. The number of aromatic hydroxyl groups is 2. The van der Waals surface area contributed by atoms with Crippen LogP contribution < -0.4 is 5.32 Å². The Morgan fingerprint density at radius 3 is 2.57 bits per heavy atom. The third kappa shape index (κ3) is 3.85. The molecule has 4 rings (SSSR count). The molecule has 1 saturated carbocycles. The van der Waals surface area contributed by atoms with Crippen molar-refractivity contribution < 1.29 is 28.2 Å². The predicted octanol–water partition coefficient (Wildman–Crippen LogP) is 2.19. The van der Waals surface area contributed by atoms with Crippen LogP contribution >= 0.6 is 0 Å². The number of hydrogen-bond acceptors (Lipinski definition) is 6. The van der Waals surface area contributed by atoms with Gasteiger partial charge in [0.25, 0.3) is 5.91 Å². The molecule has 9 heteroatoms. The third-order valence-electron chi connectivity index (χ3n) is 5.49. The first-order valence-corrected chi connectivity index (χ1v) is 11.5. The second kappa shape index (κ2) is 7.32. The molecular formula is C21H22N2O6S. The molecule has 2 aliphatic rings. The SMILES string of the molecule is CS(=O)(=O)C(CN1Cc2cccc(NC(=O)C3CC3)c2C1=O)c1ccc(O)c(O)c1. The van der Waals surface area contributed by atoms with Crippen molar-refractivity contribution in [3.05, 3.63) is 53.1 Å². The number of carbonyl (C=O) groups excluding carboxylic acids is 2. The van der Waals surface area contributed by atoms with Gasteiger partial charge in [-0.2, -0.15) is 0 Å². The Labute approximate surface area is 174 Å². The number of nitrogens with zero attached hydrogens (tertiary/aromatic N) is 1. The van der Waals surface area contributed by atoms with Crippen LogP contribution in [-0.2, 0) is 21.2 Å². The van der Waals surface area contributed by atoms with Gasteiger partial charge in [-0.3, -0.25) is 9.59 Å². The molecule has 0 saturated heterocycles. The number of anilines is 1. The number of nitrogens with one attached hydrogen (secondary N) is 1. The van der Waals surface area contributed by atoms with E-state index in [9.17, 15) is 28.2 Å². The topological polar surface area (TPSA) is 124 Å². The Hall–Kier alpha value is -3.07. The molecule has 2 aromatic carbocycles. The van der Waals surface area contributed by atoms with Crippen LogP contribution in [0.15, 0.2) is 36.4 Å². The summed E-state index contributed by atoms with van der Waals surface area (Å²) >= 11 is 0. The lowest BCUT2D eigenvalue weighted by Crippen LogP contribution is -2.32. The first-order chi connectivity index (χ1) is 14.1. The van der Waals surface area contributed by atoms with Crippen LogP contribution in [0.1, 0.15) is 39.6 Å². The first-order valence-electron chi connectivity index (χ1n) is 9.58. The minimum atomic E-state index is -3.63. The van der Waals surface area contributed by atoms with Gasteiger partial charge in [0.15, 0.2) is 21.3 Å². The van der Waals surface area contributed by atoms with Gasteiger partial charge in [0.2, 0.25) is 5.91 Å². The van der Waals surface area contributed by atoms with Gasteiger partial charge in [-0.05, 0) is 42.2 Å². The maximum atomic E-state index is 13.1. The van der Waals surface area contributed by atoms with Crippen LogP contribution in [-0.4, -0.2) is 48.1 Å². The van der Waals surface area contributed by atoms with Crippen molar-refractivity contribution >= 4 is 27.3 Å². The van der Waals surface area contributed by atoms with Crippen LogP contribution in [0.4, 0.5) is 5.69 Å². The Balaban J connectivity index is 1.61. The Kier molecular flexibility index (Phi) is 4.93. The van der Waals surface area contributed by atoms with Gasteiger partial charge in [-0.15, -0.1) is 0 Å². The fourth-order valence-electron chi connectivity index (χ4n) is 3.68. The van der Waals surface area contributed by atoms with E-state index in [4.69, 9.17) is 0 Å². The second-order valence-electron chi connectivity index (χ2n) is 7.86. The van der Waals surface area contributed by atoms with E-state index in [0.29, 0.717) is 11.3 Å². The van der Waals surface area contributed by atoms with Gasteiger partial charge in [-0.1, -0.05) is 18.2 Å². The number of phenols is 2. The number of phenolic OH excluding ortho intramolecular Hbond substituents is 2. The average molecular weight is 430 g/mol. The zero-order valence-corrected chi connectivity index (χ0v) is 17.1. The van der Waals surface area contributed by atoms with E-state index < -0.39 is 20.8 Å². The number of fused-ring (bicyclic) bond motifs is 1. The standard InChI is InChI=1S/C21H22N2O6S/c1-30(28,29)18(13-7-8-16(24)17(25)9-13)11-23-10-14-3-2-4-15(19(14)21(23)27)22-20(26)12-5-6-12/h2-4,7-9,12,18,24-25H,5-6,10-11H2,1H3,(H,22,26). The smallest absolute Gasteiger partial charge is 0.256 e. The van der Waals surface area contributed by atoms with Crippen molar-refractivity contribution in [2.24, 2.45) is 5.92 Å². The van der Waals surface area contributed by atoms with Crippen LogP contribution in [0.25, 0.3) is 0 Å². The summed E-state index contributed by atoms with van der Waals surface area (Å²) in [7, 11) is -3.63. The number of carbonyl (C=O) groups is 2. The molecule has 0 radical (unpaired) electrons. The Morgan fingerprint density at radius 2 is 1.93 bits per heavy atom. The summed E-state index contributed by atoms with van der Waals surface area (Å²) in [6, 6.07) is 9.03. The Bertz CT molecular complexity index is 1140. The van der Waals surface area contributed by atoms with E-state index in [2.05, 4.69) is 5.32 Å². The quantitative estimate of drug-likeness (QED) is 0.604. The van der Waals surface area contributed by atoms with Crippen LogP contribution in [0.3, 0.4) is 0 Å². The van der Waals surface area contributed by atoms with Gasteiger partial charge in [0.05, 0.1) is 11.3 Å². The molecule has 1 fully saturated rings. The minimum absolute atomic E-state index is 0.00902. The van der Waals surface area contributed by atoms with E-state index in [0.717, 1.165) is 24.7 Å². The summed E-state index contributed by atoms with van der Waals surface area (Å²) in [6.45, 7) is 0.101. The lowest BCUT2D eigenvalue weighted by molar-refractivity contribution is -0.117. The maximum absolute atomic E-state index is 13.1. The Morgan fingerprint density at radius 1 is 1.20 bits per heavy atom. The average Bonchev–Trinajstić information content (AvgIpc) is 3.47. The molecular weight excluding hydrogens is 408 g/mol. The summed E-state index contributed by atoms with van der Waals surface area (Å²) in [5.74, 6) is -1.25. The monoisotopic (exact) mass is 430 g/mol. The predicted molar refractivity (Wildman–Crippen MR) is 110 cm³/mol. The fourth-order valence-corrected chi connectivity index (χ4v) is 4.77. The zero-order valence-electron chi connectivity index (χ0n) is 16.3. The van der Waals surface area contributed by atoms with Gasteiger partial charge in [0, 0.05) is 25.3 Å². The summed E-state index contributed by atoms with van der Waals surface area (Å²) in [4.78, 5) is 26.7. The van der Waals surface area contributed by atoms with E-state index >= 15 is 0 Å². The van der Waals surface area contributed by atoms with Gasteiger partial charge in [0.1, 0.15) is 5.25 Å². The molecule has 30 heavy (non-hydrogen) atoms. The van der Waals surface area contributed by atoms with Crippen molar-refractivity contribution in [2.75, 3.05) is 18.1 Å². The van der Waals surface area contributed by atoms with E-state index in [1.165, 1.54) is 23.1 Å². The lowest BCUT2D eigenvalue weighted by atomic mass is 10.1. The maximum Gasteiger partial charge on any atom is 0.256 e. The minimum Gasteiger partial charge on any atom is -0.504 e. The molecule has 1 heterocycles. The van der Waals surface area contributed by atoms with Gasteiger partial charge in [-0.25, -0.2) is 8.42 Å². The molecule has 2 aromatic rings. The molecule has 1 aliphatic heterocycles. The number of benzene rings is 2. The van der Waals surface area contributed by atoms with Crippen LogP contribution in [0, 0.1) is 5.92 Å². The largest absolute Gasteiger partial charge is 0.504 e. The molecule has 1 atom stereocenters. The number of rotatable bonds is 6.